The Balaban J connectivity index is 1.72. The van der Waals surface area contributed by atoms with Gasteiger partial charge in [-0.3, -0.25) is 19.3 Å². The fourth-order valence-corrected chi connectivity index (χ4v) is 3.98. The minimum atomic E-state index is -0.505. The molecule has 28 heavy (non-hydrogen) atoms. The van der Waals surface area contributed by atoms with Crippen molar-refractivity contribution in [3.63, 3.8) is 0 Å². The highest BCUT2D eigenvalue weighted by molar-refractivity contribution is 14.1. The molecule has 3 rings (SSSR count). The van der Waals surface area contributed by atoms with Crippen LogP contribution < -0.4 is 5.32 Å². The molecule has 0 spiro atoms. The van der Waals surface area contributed by atoms with Gasteiger partial charge in [0.15, 0.2) is 0 Å². The summed E-state index contributed by atoms with van der Waals surface area (Å²) in [6.07, 6.45) is 1.58. The maximum atomic E-state index is 12.6. The Morgan fingerprint density at radius 3 is 2.68 bits per heavy atom. The number of halogens is 1. The van der Waals surface area contributed by atoms with E-state index in [-0.39, 0.29) is 17.2 Å². The van der Waals surface area contributed by atoms with Gasteiger partial charge in [-0.2, -0.15) is 0 Å². The monoisotopic (exact) mass is 508 g/mol. The van der Waals surface area contributed by atoms with Crippen LogP contribution in [0.2, 0.25) is 0 Å². The highest BCUT2D eigenvalue weighted by atomic mass is 127. The van der Waals surface area contributed by atoms with E-state index in [0.29, 0.717) is 14.8 Å². The van der Waals surface area contributed by atoms with Crippen molar-refractivity contribution >= 4 is 63.2 Å². The van der Waals surface area contributed by atoms with E-state index in [4.69, 9.17) is 0 Å². The molecule has 1 aliphatic rings. The third kappa shape index (κ3) is 4.56. The Labute approximate surface area is 180 Å². The molecule has 2 aromatic rings. The summed E-state index contributed by atoms with van der Waals surface area (Å²) in [5, 5.41) is 11.9. The van der Waals surface area contributed by atoms with E-state index in [1.54, 1.807) is 18.2 Å². The summed E-state index contributed by atoms with van der Waals surface area (Å²) in [5.41, 5.74) is 3.24. The molecule has 1 saturated heterocycles. The standard InChI is InChI=1S/C20H17IN2O4S/c1-11-3-4-12(2)15(7-11)22-18(25)10-23-19(26)17(28-20(23)27)9-13-5-6-16(24)14(21)8-13/h3-9,24H,10H2,1-2H3,(H,22,25)/b17-9-. The number of phenolic OH excluding ortho intramolecular Hbond substituents is 1. The summed E-state index contributed by atoms with van der Waals surface area (Å²) in [6.45, 7) is 3.44. The van der Waals surface area contributed by atoms with Gasteiger partial charge in [0.05, 0.1) is 8.48 Å². The van der Waals surface area contributed by atoms with Crippen LogP contribution in [-0.4, -0.2) is 33.6 Å². The summed E-state index contributed by atoms with van der Waals surface area (Å²) in [7, 11) is 0. The topological polar surface area (TPSA) is 86.7 Å². The van der Waals surface area contributed by atoms with Crippen LogP contribution in [0, 0.1) is 17.4 Å². The van der Waals surface area contributed by atoms with Crippen LogP contribution >= 0.6 is 34.4 Å². The summed E-state index contributed by atoms with van der Waals surface area (Å²) < 4.78 is 0.637. The number of thioether (sulfide) groups is 1. The highest BCUT2D eigenvalue weighted by Gasteiger charge is 2.36. The van der Waals surface area contributed by atoms with Crippen LogP contribution in [0.4, 0.5) is 10.5 Å². The number of imide groups is 1. The van der Waals surface area contributed by atoms with Crippen LogP contribution in [0.25, 0.3) is 6.08 Å². The van der Waals surface area contributed by atoms with Crippen molar-refractivity contribution in [1.29, 1.82) is 0 Å². The molecule has 8 heteroatoms. The number of carbonyl (C=O) groups excluding carboxylic acids is 3. The lowest BCUT2D eigenvalue weighted by atomic mass is 10.1. The van der Waals surface area contributed by atoms with Gasteiger partial charge in [-0.15, -0.1) is 0 Å². The van der Waals surface area contributed by atoms with Gasteiger partial charge in [-0.1, -0.05) is 18.2 Å². The molecule has 6 nitrogen and oxygen atoms in total. The molecule has 0 radical (unpaired) electrons. The van der Waals surface area contributed by atoms with Gasteiger partial charge in [0.25, 0.3) is 11.1 Å². The number of benzene rings is 2. The SMILES string of the molecule is Cc1ccc(C)c(NC(=O)CN2C(=O)S/C(=C\c3ccc(O)c(I)c3)C2=O)c1. The molecule has 3 amide bonds. The molecule has 0 aromatic heterocycles. The lowest BCUT2D eigenvalue weighted by Gasteiger charge is -2.14. The highest BCUT2D eigenvalue weighted by Crippen LogP contribution is 2.33. The number of anilines is 1. The fourth-order valence-electron chi connectivity index (χ4n) is 2.60. The Morgan fingerprint density at radius 2 is 1.96 bits per heavy atom. The van der Waals surface area contributed by atoms with Gasteiger partial charge in [-0.05, 0) is 89.2 Å². The minimum Gasteiger partial charge on any atom is -0.507 e. The number of aryl methyl sites for hydroxylation is 2. The second-order valence-corrected chi connectivity index (χ2v) is 8.50. The Hall–Kier alpha value is -2.33. The smallest absolute Gasteiger partial charge is 0.294 e. The second-order valence-electron chi connectivity index (χ2n) is 6.35. The summed E-state index contributed by atoms with van der Waals surface area (Å²) in [5.74, 6) is -0.792. The average molecular weight is 508 g/mol. The number of carbonyl (C=O) groups is 3. The first-order valence-electron chi connectivity index (χ1n) is 8.35. The molecule has 0 atom stereocenters. The predicted molar refractivity (Wildman–Crippen MR) is 118 cm³/mol. The third-order valence-corrected chi connectivity index (χ3v) is 5.88. The molecule has 1 heterocycles. The largest absolute Gasteiger partial charge is 0.507 e. The predicted octanol–water partition coefficient (Wildman–Crippen LogP) is 4.29. The maximum absolute atomic E-state index is 12.6. The fraction of sp³-hybridized carbons (Fsp3) is 0.150. The third-order valence-electron chi connectivity index (χ3n) is 4.11. The van der Waals surface area contributed by atoms with Crippen LogP contribution in [-0.2, 0) is 9.59 Å². The van der Waals surface area contributed by atoms with E-state index in [0.717, 1.165) is 27.8 Å². The van der Waals surface area contributed by atoms with E-state index in [2.05, 4.69) is 5.32 Å². The van der Waals surface area contributed by atoms with Crippen molar-refractivity contribution in [3.8, 4) is 5.75 Å². The lowest BCUT2D eigenvalue weighted by Crippen LogP contribution is -2.36. The molecule has 144 valence electrons. The molecule has 1 fully saturated rings. The molecule has 2 N–H and O–H groups in total. The Bertz CT molecular complexity index is 1020. The molecule has 0 bridgehead atoms. The van der Waals surface area contributed by atoms with Crippen molar-refractivity contribution in [2.75, 3.05) is 11.9 Å². The number of hydrogen-bond donors (Lipinski definition) is 2. The zero-order valence-electron chi connectivity index (χ0n) is 15.2. The van der Waals surface area contributed by atoms with E-state index in [1.165, 1.54) is 6.07 Å². The van der Waals surface area contributed by atoms with Crippen molar-refractivity contribution in [2.24, 2.45) is 0 Å². The van der Waals surface area contributed by atoms with Gasteiger partial charge in [-0.25, -0.2) is 0 Å². The summed E-state index contributed by atoms with van der Waals surface area (Å²) in [4.78, 5) is 38.3. The first-order valence-corrected chi connectivity index (χ1v) is 10.2. The van der Waals surface area contributed by atoms with Gasteiger partial charge in [0.1, 0.15) is 12.3 Å². The quantitative estimate of drug-likeness (QED) is 0.476. The van der Waals surface area contributed by atoms with Crippen LogP contribution in [0.5, 0.6) is 5.75 Å². The van der Waals surface area contributed by atoms with Gasteiger partial charge in [0.2, 0.25) is 5.91 Å². The average Bonchev–Trinajstić information content (AvgIpc) is 2.89. The summed E-state index contributed by atoms with van der Waals surface area (Å²) >= 11 is 2.77. The molecule has 0 aliphatic carbocycles. The van der Waals surface area contributed by atoms with Gasteiger partial charge in [0, 0.05) is 5.69 Å². The number of amides is 3. The zero-order valence-corrected chi connectivity index (χ0v) is 18.1. The van der Waals surface area contributed by atoms with Crippen molar-refractivity contribution in [1.82, 2.24) is 4.90 Å². The van der Waals surface area contributed by atoms with Gasteiger partial charge < -0.3 is 10.4 Å². The molecular weight excluding hydrogens is 491 g/mol. The Kier molecular flexibility index (Phi) is 6.09. The van der Waals surface area contributed by atoms with Crippen molar-refractivity contribution in [3.05, 3.63) is 61.6 Å². The number of nitrogens with one attached hydrogen (secondary N) is 1. The maximum Gasteiger partial charge on any atom is 0.294 e. The van der Waals surface area contributed by atoms with E-state index < -0.39 is 17.1 Å². The van der Waals surface area contributed by atoms with E-state index >= 15 is 0 Å². The molecular formula is C20H17IN2O4S. The van der Waals surface area contributed by atoms with Crippen molar-refractivity contribution in [2.45, 2.75) is 13.8 Å². The number of aromatic hydroxyl groups is 1. The number of nitrogens with zero attached hydrogens (tertiary/aromatic N) is 1. The number of hydrogen-bond acceptors (Lipinski definition) is 5. The molecule has 0 unspecified atom stereocenters. The van der Waals surface area contributed by atoms with Crippen molar-refractivity contribution < 1.29 is 19.5 Å². The normalized spacial score (nSPS) is 15.4. The second kappa shape index (κ2) is 8.36. The van der Waals surface area contributed by atoms with Gasteiger partial charge >= 0.3 is 0 Å². The number of rotatable bonds is 4. The minimum absolute atomic E-state index is 0.147. The van der Waals surface area contributed by atoms with E-state index in [9.17, 15) is 19.5 Å². The molecule has 0 saturated carbocycles. The zero-order chi connectivity index (χ0) is 20.4. The van der Waals surface area contributed by atoms with Crippen LogP contribution in [0.3, 0.4) is 0 Å². The lowest BCUT2D eigenvalue weighted by molar-refractivity contribution is -0.127. The van der Waals surface area contributed by atoms with Crippen LogP contribution in [0.15, 0.2) is 41.3 Å². The van der Waals surface area contributed by atoms with Crippen LogP contribution in [0.1, 0.15) is 16.7 Å². The molecule has 2 aromatic carbocycles. The van der Waals surface area contributed by atoms with E-state index in [1.807, 2.05) is 54.6 Å². The Morgan fingerprint density at radius 1 is 1.21 bits per heavy atom. The number of phenols is 1. The molecule has 1 aliphatic heterocycles. The first kappa shape index (κ1) is 20.4. The summed E-state index contributed by atoms with van der Waals surface area (Å²) in [6, 6.07) is 10.6. The first-order chi connectivity index (χ1) is 13.2.